The van der Waals surface area contributed by atoms with Crippen molar-refractivity contribution in [2.24, 2.45) is 0 Å². The molecule has 1 saturated heterocycles. The van der Waals surface area contributed by atoms with E-state index in [0.29, 0.717) is 24.5 Å². The Balaban J connectivity index is 1.40. The SMILES string of the molecule is Cc1cccc(C(=O)N2CCCC[C@H]2c2nc3c(c(=O)[nH]2)CN(Cc2cccs2)CC3)c1. The number of benzene rings is 1. The molecule has 2 aliphatic rings. The minimum Gasteiger partial charge on any atom is -0.328 e. The highest BCUT2D eigenvalue weighted by Crippen LogP contribution is 2.31. The van der Waals surface area contributed by atoms with Crippen molar-refractivity contribution >= 4 is 17.2 Å². The number of aryl methyl sites for hydroxylation is 1. The molecule has 0 radical (unpaired) electrons. The van der Waals surface area contributed by atoms with Crippen LogP contribution in [-0.2, 0) is 19.5 Å². The Labute approximate surface area is 191 Å². The number of aromatic nitrogens is 2. The van der Waals surface area contributed by atoms with Crippen LogP contribution in [0.2, 0.25) is 0 Å². The van der Waals surface area contributed by atoms with E-state index in [4.69, 9.17) is 4.98 Å². The largest absolute Gasteiger partial charge is 0.328 e. The number of rotatable bonds is 4. The number of hydrogen-bond donors (Lipinski definition) is 1. The summed E-state index contributed by atoms with van der Waals surface area (Å²) in [6, 6.07) is 11.7. The summed E-state index contributed by atoms with van der Waals surface area (Å²) in [5.74, 6) is 0.655. The summed E-state index contributed by atoms with van der Waals surface area (Å²) in [6.07, 6.45) is 3.58. The van der Waals surface area contributed by atoms with Crippen LogP contribution >= 0.6 is 11.3 Å². The minimum atomic E-state index is -0.182. The number of likely N-dealkylation sites (tertiary alicyclic amines) is 1. The van der Waals surface area contributed by atoms with Gasteiger partial charge in [0.1, 0.15) is 5.82 Å². The van der Waals surface area contributed by atoms with Crippen molar-refractivity contribution in [2.75, 3.05) is 13.1 Å². The second kappa shape index (κ2) is 9.00. The van der Waals surface area contributed by atoms with E-state index in [1.165, 1.54) is 4.88 Å². The Morgan fingerprint density at radius 3 is 2.94 bits per heavy atom. The summed E-state index contributed by atoms with van der Waals surface area (Å²) in [6.45, 7) is 5.05. The van der Waals surface area contributed by atoms with Crippen LogP contribution in [0.5, 0.6) is 0 Å². The summed E-state index contributed by atoms with van der Waals surface area (Å²) in [4.78, 5) is 39.8. The fraction of sp³-hybridized carbons (Fsp3) is 0.400. The van der Waals surface area contributed by atoms with Gasteiger partial charge in [-0.1, -0.05) is 23.8 Å². The molecule has 1 aromatic carbocycles. The van der Waals surface area contributed by atoms with Crippen LogP contribution in [0.3, 0.4) is 0 Å². The molecule has 6 nitrogen and oxygen atoms in total. The Kier molecular flexibility index (Phi) is 5.93. The van der Waals surface area contributed by atoms with Gasteiger partial charge in [-0.05, 0) is 49.8 Å². The number of amides is 1. The van der Waals surface area contributed by atoms with Crippen LogP contribution in [0.1, 0.15) is 63.2 Å². The molecule has 2 aromatic heterocycles. The van der Waals surface area contributed by atoms with Gasteiger partial charge in [-0.2, -0.15) is 0 Å². The van der Waals surface area contributed by atoms with Crippen molar-refractivity contribution in [3.05, 3.63) is 85.2 Å². The molecule has 1 amide bonds. The monoisotopic (exact) mass is 448 g/mol. The molecule has 0 saturated carbocycles. The summed E-state index contributed by atoms with van der Waals surface area (Å²) < 4.78 is 0. The van der Waals surface area contributed by atoms with Crippen molar-refractivity contribution in [3.63, 3.8) is 0 Å². The number of nitrogens with zero attached hydrogens (tertiary/aromatic N) is 3. The zero-order valence-corrected chi connectivity index (χ0v) is 19.2. The van der Waals surface area contributed by atoms with E-state index >= 15 is 0 Å². The number of H-pyrrole nitrogens is 1. The molecule has 7 heteroatoms. The normalized spacial score (nSPS) is 19.0. The van der Waals surface area contributed by atoms with Gasteiger partial charge in [0.2, 0.25) is 0 Å². The van der Waals surface area contributed by atoms with E-state index in [1.54, 1.807) is 11.3 Å². The zero-order chi connectivity index (χ0) is 22.1. The highest BCUT2D eigenvalue weighted by atomic mass is 32.1. The Hall–Kier alpha value is -2.77. The number of carbonyl (C=O) groups excluding carboxylic acids is 1. The van der Waals surface area contributed by atoms with Crippen molar-refractivity contribution in [2.45, 2.75) is 51.7 Å². The van der Waals surface area contributed by atoms with E-state index in [9.17, 15) is 9.59 Å². The van der Waals surface area contributed by atoms with E-state index in [-0.39, 0.29) is 17.5 Å². The molecule has 0 unspecified atom stereocenters. The quantitative estimate of drug-likeness (QED) is 0.653. The first-order valence-electron chi connectivity index (χ1n) is 11.3. The first kappa shape index (κ1) is 21.1. The van der Waals surface area contributed by atoms with Crippen LogP contribution in [0.15, 0.2) is 46.6 Å². The summed E-state index contributed by atoms with van der Waals surface area (Å²) >= 11 is 1.74. The number of hydrogen-bond acceptors (Lipinski definition) is 5. The molecule has 1 fully saturated rings. The van der Waals surface area contributed by atoms with E-state index < -0.39 is 0 Å². The molecule has 5 rings (SSSR count). The lowest BCUT2D eigenvalue weighted by Gasteiger charge is -2.36. The lowest BCUT2D eigenvalue weighted by atomic mass is 9.98. The average molecular weight is 449 g/mol. The van der Waals surface area contributed by atoms with E-state index in [0.717, 1.165) is 55.6 Å². The highest BCUT2D eigenvalue weighted by molar-refractivity contribution is 7.09. The summed E-state index contributed by atoms with van der Waals surface area (Å²) in [5.41, 5.74) is 3.36. The maximum atomic E-state index is 13.3. The molecule has 0 aliphatic carbocycles. The fourth-order valence-corrected chi connectivity index (χ4v) is 5.56. The first-order valence-corrected chi connectivity index (χ1v) is 12.2. The molecular formula is C25H28N4O2S. The lowest BCUT2D eigenvalue weighted by Crippen LogP contribution is -2.41. The number of carbonyl (C=O) groups is 1. The second-order valence-corrected chi connectivity index (χ2v) is 9.83. The van der Waals surface area contributed by atoms with Crippen molar-refractivity contribution in [1.29, 1.82) is 0 Å². The second-order valence-electron chi connectivity index (χ2n) is 8.80. The third kappa shape index (κ3) is 4.27. The van der Waals surface area contributed by atoms with Crippen molar-refractivity contribution in [3.8, 4) is 0 Å². The molecule has 32 heavy (non-hydrogen) atoms. The lowest BCUT2D eigenvalue weighted by molar-refractivity contribution is 0.0598. The van der Waals surface area contributed by atoms with E-state index in [1.807, 2.05) is 36.1 Å². The average Bonchev–Trinajstić information content (AvgIpc) is 3.32. The van der Waals surface area contributed by atoms with Crippen LogP contribution in [-0.4, -0.2) is 38.8 Å². The van der Waals surface area contributed by atoms with Gasteiger partial charge in [0.05, 0.1) is 17.3 Å². The molecular weight excluding hydrogens is 420 g/mol. The minimum absolute atomic E-state index is 0.0147. The predicted octanol–water partition coefficient (Wildman–Crippen LogP) is 4.07. The third-order valence-corrected chi connectivity index (χ3v) is 7.33. The van der Waals surface area contributed by atoms with Crippen LogP contribution in [0.4, 0.5) is 0 Å². The number of thiophene rings is 1. The molecule has 3 aromatic rings. The van der Waals surface area contributed by atoms with Gasteiger partial charge >= 0.3 is 0 Å². The number of nitrogens with one attached hydrogen (secondary N) is 1. The Morgan fingerprint density at radius 1 is 1.22 bits per heavy atom. The molecule has 2 aliphatic heterocycles. The smallest absolute Gasteiger partial charge is 0.255 e. The molecule has 0 spiro atoms. The Morgan fingerprint density at radius 2 is 2.12 bits per heavy atom. The number of fused-ring (bicyclic) bond motifs is 1. The first-order chi connectivity index (χ1) is 15.6. The standard InChI is InChI=1S/C25H28N4O2S/c1-17-6-4-7-18(14-17)25(31)29-11-3-2-9-22(29)23-26-21-10-12-28(15-19-8-5-13-32-19)16-20(21)24(30)27-23/h4-8,13-14,22H,2-3,9-12,15-16H2,1H3,(H,26,27,30)/t22-/m0/s1. The topological polar surface area (TPSA) is 69.3 Å². The molecule has 1 N–H and O–H groups in total. The number of aromatic amines is 1. The van der Waals surface area contributed by atoms with Crippen LogP contribution < -0.4 is 5.56 Å². The van der Waals surface area contributed by atoms with E-state index in [2.05, 4.69) is 27.4 Å². The predicted molar refractivity (Wildman–Crippen MR) is 126 cm³/mol. The van der Waals surface area contributed by atoms with Crippen molar-refractivity contribution in [1.82, 2.24) is 19.8 Å². The molecule has 166 valence electrons. The molecule has 1 atom stereocenters. The van der Waals surface area contributed by atoms with Gasteiger partial charge in [-0.25, -0.2) is 4.98 Å². The van der Waals surface area contributed by atoms with Crippen LogP contribution in [0, 0.1) is 6.92 Å². The maximum Gasteiger partial charge on any atom is 0.255 e. The zero-order valence-electron chi connectivity index (χ0n) is 18.3. The van der Waals surface area contributed by atoms with Gasteiger partial charge in [-0.3, -0.25) is 14.5 Å². The van der Waals surface area contributed by atoms with Gasteiger partial charge < -0.3 is 9.88 Å². The summed E-state index contributed by atoms with van der Waals surface area (Å²) in [5, 5.41) is 2.09. The third-order valence-electron chi connectivity index (χ3n) is 6.47. The summed E-state index contributed by atoms with van der Waals surface area (Å²) in [7, 11) is 0. The number of piperidine rings is 1. The maximum absolute atomic E-state index is 13.3. The van der Waals surface area contributed by atoms with Crippen LogP contribution in [0.25, 0.3) is 0 Å². The fourth-order valence-electron chi connectivity index (χ4n) is 4.82. The molecule has 4 heterocycles. The van der Waals surface area contributed by atoms with Gasteiger partial charge in [0.15, 0.2) is 0 Å². The van der Waals surface area contributed by atoms with Gasteiger partial charge in [-0.15, -0.1) is 11.3 Å². The molecule has 0 bridgehead atoms. The van der Waals surface area contributed by atoms with Crippen molar-refractivity contribution < 1.29 is 4.79 Å². The highest BCUT2D eigenvalue weighted by Gasteiger charge is 2.32. The Bertz CT molecular complexity index is 1170. The van der Waals surface area contributed by atoms with Gasteiger partial charge in [0.25, 0.3) is 11.5 Å². The van der Waals surface area contributed by atoms with Gasteiger partial charge in [0, 0.05) is 43.0 Å².